The predicted molar refractivity (Wildman–Crippen MR) is 142 cm³/mol. The number of hydrogen-bond acceptors (Lipinski definition) is 6. The zero-order valence-electron chi connectivity index (χ0n) is 21.1. The lowest BCUT2D eigenvalue weighted by Crippen LogP contribution is -2.45. The summed E-state index contributed by atoms with van der Waals surface area (Å²) >= 11 is 0. The van der Waals surface area contributed by atoms with Crippen molar-refractivity contribution in [3.8, 4) is 11.1 Å². The van der Waals surface area contributed by atoms with Gasteiger partial charge in [0.1, 0.15) is 11.9 Å². The Kier molecular flexibility index (Phi) is 8.59. The van der Waals surface area contributed by atoms with Gasteiger partial charge in [-0.3, -0.25) is 15.0 Å². The van der Waals surface area contributed by atoms with Crippen LogP contribution in [0.5, 0.6) is 0 Å². The molecule has 3 aromatic carbocycles. The molecule has 6 N–H and O–H groups in total. The summed E-state index contributed by atoms with van der Waals surface area (Å²) in [6.45, 7) is 3.51. The number of nitrogens with one attached hydrogen (secondary N) is 3. The smallest absolute Gasteiger partial charge is 0.336 e. The number of aromatic carboxylic acids is 1. The van der Waals surface area contributed by atoms with E-state index in [1.54, 1.807) is 56.3 Å². The van der Waals surface area contributed by atoms with Crippen LogP contribution in [0.3, 0.4) is 0 Å². The second-order valence-electron chi connectivity index (χ2n) is 8.77. The molecule has 0 aliphatic heterocycles. The van der Waals surface area contributed by atoms with Crippen molar-refractivity contribution >= 4 is 35.3 Å². The molecule has 0 aliphatic rings. The van der Waals surface area contributed by atoms with Crippen LogP contribution in [0.15, 0.2) is 66.7 Å². The van der Waals surface area contributed by atoms with Gasteiger partial charge < -0.3 is 26.2 Å². The molecule has 3 aromatic rings. The summed E-state index contributed by atoms with van der Waals surface area (Å²) in [6.07, 6.45) is 0. The molecule has 0 bridgehead atoms. The Morgan fingerprint density at radius 2 is 1.47 bits per heavy atom. The van der Waals surface area contributed by atoms with Crippen molar-refractivity contribution in [3.63, 3.8) is 0 Å². The normalized spacial score (nSPS) is 11.4. The fourth-order valence-electron chi connectivity index (χ4n) is 3.79. The minimum absolute atomic E-state index is 0.0184. The number of esters is 1. The third-order valence-corrected chi connectivity index (χ3v) is 5.84. The molecule has 196 valence electrons. The second-order valence-corrected chi connectivity index (χ2v) is 8.77. The number of ether oxygens (including phenoxy) is 1. The minimum Gasteiger partial charge on any atom is -0.478 e. The molecule has 0 spiro atoms. The molecule has 2 amide bonds. The fourth-order valence-corrected chi connectivity index (χ4v) is 3.79. The van der Waals surface area contributed by atoms with Crippen molar-refractivity contribution in [2.24, 2.45) is 11.7 Å². The maximum absolute atomic E-state index is 13.4. The van der Waals surface area contributed by atoms with Crippen molar-refractivity contribution in [1.29, 1.82) is 5.41 Å². The average molecular weight is 517 g/mol. The van der Waals surface area contributed by atoms with Crippen LogP contribution in [0.1, 0.15) is 50.5 Å². The van der Waals surface area contributed by atoms with Crippen molar-refractivity contribution in [3.05, 3.63) is 89.0 Å². The van der Waals surface area contributed by atoms with Crippen LogP contribution in [0.25, 0.3) is 11.1 Å². The van der Waals surface area contributed by atoms with E-state index in [9.17, 15) is 24.3 Å². The van der Waals surface area contributed by atoms with Crippen LogP contribution >= 0.6 is 0 Å². The van der Waals surface area contributed by atoms with Gasteiger partial charge in [-0.15, -0.1) is 0 Å². The van der Waals surface area contributed by atoms with Crippen molar-refractivity contribution in [2.75, 3.05) is 12.4 Å². The van der Waals surface area contributed by atoms with E-state index in [1.807, 2.05) is 0 Å². The van der Waals surface area contributed by atoms with Gasteiger partial charge in [-0.2, -0.15) is 0 Å². The summed E-state index contributed by atoms with van der Waals surface area (Å²) in [5, 5.41) is 22.6. The van der Waals surface area contributed by atoms with Crippen LogP contribution in [0, 0.1) is 11.3 Å². The first-order chi connectivity index (χ1) is 18.0. The molecule has 3 rings (SSSR count). The number of carboxylic acid groups (broad SMARTS) is 1. The van der Waals surface area contributed by atoms with E-state index in [0.717, 1.165) is 0 Å². The number of nitrogens with two attached hydrogens (primary N) is 1. The first-order valence-electron chi connectivity index (χ1n) is 11.6. The van der Waals surface area contributed by atoms with Crippen molar-refractivity contribution in [1.82, 2.24) is 5.32 Å². The van der Waals surface area contributed by atoms with E-state index in [1.165, 1.54) is 31.4 Å². The molecule has 0 aromatic heterocycles. The maximum atomic E-state index is 13.4. The average Bonchev–Trinajstić information content (AvgIpc) is 2.90. The number of amides is 2. The van der Waals surface area contributed by atoms with E-state index in [2.05, 4.69) is 10.6 Å². The second kappa shape index (κ2) is 11.8. The number of nitrogen functional groups attached to an aromatic ring is 1. The molecule has 0 fully saturated rings. The van der Waals surface area contributed by atoms with Crippen LogP contribution < -0.4 is 16.4 Å². The van der Waals surface area contributed by atoms with Crippen LogP contribution in [0.2, 0.25) is 0 Å². The molecular weight excluding hydrogens is 488 g/mol. The van der Waals surface area contributed by atoms with Crippen LogP contribution in [-0.2, 0) is 9.53 Å². The highest BCUT2D eigenvalue weighted by atomic mass is 16.5. The largest absolute Gasteiger partial charge is 0.478 e. The predicted octanol–water partition coefficient (Wildman–Crippen LogP) is 3.52. The number of hydrogen-bond donors (Lipinski definition) is 5. The number of anilines is 1. The van der Waals surface area contributed by atoms with Gasteiger partial charge in [-0.1, -0.05) is 38.1 Å². The van der Waals surface area contributed by atoms with Gasteiger partial charge in [0.05, 0.1) is 12.7 Å². The topological polar surface area (TPSA) is 172 Å². The van der Waals surface area contributed by atoms with Gasteiger partial charge in [-0.05, 0) is 59.5 Å². The first kappa shape index (κ1) is 27.6. The molecule has 1 atom stereocenters. The number of methoxy groups -OCH3 is 1. The molecule has 0 saturated heterocycles. The molecule has 0 aliphatic carbocycles. The third-order valence-electron chi connectivity index (χ3n) is 5.84. The van der Waals surface area contributed by atoms with Gasteiger partial charge in [0.25, 0.3) is 11.8 Å². The monoisotopic (exact) mass is 516 g/mol. The van der Waals surface area contributed by atoms with Gasteiger partial charge in [0.15, 0.2) is 0 Å². The first-order valence-corrected chi connectivity index (χ1v) is 11.6. The fraction of sp³-hybridized carbons (Fsp3) is 0.179. The Hall–Kier alpha value is -4.99. The summed E-state index contributed by atoms with van der Waals surface area (Å²) < 4.78 is 4.78. The standard InChI is InChI=1S/C28H28N4O6/c1-15(2)23(28(37)38-3)32-25(33)17-10-13-20(19-6-4-5-7-21(19)27(35)36)22(14-17)26(34)31-18-11-8-16(9-12-18)24(29)30/h4-15,23H,1-3H3,(H3,29,30)(H,31,34)(H,32,33)(H,35,36). The minimum atomic E-state index is -1.17. The van der Waals surface area contributed by atoms with Crippen LogP contribution in [-0.4, -0.2) is 47.8 Å². The molecule has 10 heteroatoms. The third kappa shape index (κ3) is 6.22. The van der Waals surface area contributed by atoms with Gasteiger partial charge in [0.2, 0.25) is 0 Å². The molecule has 38 heavy (non-hydrogen) atoms. The zero-order valence-corrected chi connectivity index (χ0v) is 21.1. The highest BCUT2D eigenvalue weighted by Crippen LogP contribution is 2.29. The SMILES string of the molecule is COC(=O)C(NC(=O)c1ccc(-c2ccccc2C(=O)O)c(C(=O)Nc2ccc(C(=N)N)cc2)c1)C(C)C. The lowest BCUT2D eigenvalue weighted by atomic mass is 9.93. The number of benzene rings is 3. The highest BCUT2D eigenvalue weighted by molar-refractivity contribution is 6.12. The Morgan fingerprint density at radius 1 is 0.868 bits per heavy atom. The van der Waals surface area contributed by atoms with E-state index in [-0.39, 0.29) is 28.4 Å². The molecule has 0 heterocycles. The Bertz CT molecular complexity index is 1400. The van der Waals surface area contributed by atoms with Gasteiger partial charge in [-0.25, -0.2) is 9.59 Å². The number of carbonyl (C=O) groups is 4. The van der Waals surface area contributed by atoms with Crippen molar-refractivity contribution < 1.29 is 29.0 Å². The summed E-state index contributed by atoms with van der Waals surface area (Å²) in [6, 6.07) is 15.9. The summed E-state index contributed by atoms with van der Waals surface area (Å²) in [5.41, 5.74) is 7.06. The molecule has 0 radical (unpaired) electrons. The molecular formula is C28H28N4O6. The Labute approximate surface area is 219 Å². The van der Waals surface area contributed by atoms with Crippen LogP contribution in [0.4, 0.5) is 5.69 Å². The van der Waals surface area contributed by atoms with E-state index in [0.29, 0.717) is 22.4 Å². The van der Waals surface area contributed by atoms with E-state index < -0.39 is 29.8 Å². The number of amidine groups is 1. The molecule has 1 unspecified atom stereocenters. The Balaban J connectivity index is 2.06. The number of rotatable bonds is 9. The van der Waals surface area contributed by atoms with E-state index >= 15 is 0 Å². The van der Waals surface area contributed by atoms with Crippen molar-refractivity contribution in [2.45, 2.75) is 19.9 Å². The van der Waals surface area contributed by atoms with Gasteiger partial charge >= 0.3 is 11.9 Å². The number of carboxylic acids is 1. The van der Waals surface area contributed by atoms with Gasteiger partial charge in [0, 0.05) is 22.4 Å². The zero-order chi connectivity index (χ0) is 28.0. The quantitative estimate of drug-likeness (QED) is 0.164. The number of carbonyl (C=O) groups excluding carboxylic acids is 3. The molecule has 10 nitrogen and oxygen atoms in total. The lowest BCUT2D eigenvalue weighted by molar-refractivity contribution is -0.144. The summed E-state index contributed by atoms with van der Waals surface area (Å²) in [4.78, 5) is 50.5. The molecule has 0 saturated carbocycles. The summed E-state index contributed by atoms with van der Waals surface area (Å²) in [5.74, 6) is -3.36. The summed E-state index contributed by atoms with van der Waals surface area (Å²) in [7, 11) is 1.23. The van der Waals surface area contributed by atoms with E-state index in [4.69, 9.17) is 15.9 Å². The highest BCUT2D eigenvalue weighted by Gasteiger charge is 2.26. The maximum Gasteiger partial charge on any atom is 0.336 e. The Morgan fingerprint density at radius 3 is 2.05 bits per heavy atom. The lowest BCUT2D eigenvalue weighted by Gasteiger charge is -2.20.